The number of nitrogens with one attached hydrogen (secondary N) is 2. The van der Waals surface area contributed by atoms with Gasteiger partial charge in [-0.15, -0.1) is 11.3 Å². The minimum atomic E-state index is 0.0936. The molecule has 1 fully saturated rings. The lowest BCUT2D eigenvalue weighted by Crippen LogP contribution is -3.14. The lowest BCUT2D eigenvalue weighted by Gasteiger charge is -2.27. The zero-order valence-corrected chi connectivity index (χ0v) is 17.0. The van der Waals surface area contributed by atoms with E-state index in [0.29, 0.717) is 19.0 Å². The van der Waals surface area contributed by atoms with Crippen LogP contribution < -0.4 is 19.7 Å². The second-order valence-corrected chi connectivity index (χ2v) is 8.75. The summed E-state index contributed by atoms with van der Waals surface area (Å²) in [6.07, 6.45) is 2.18. The first-order chi connectivity index (χ1) is 14.2. The fourth-order valence-electron chi connectivity index (χ4n) is 4.06. The van der Waals surface area contributed by atoms with E-state index in [1.165, 1.54) is 14.6 Å². The molecule has 5 rings (SSSR count). The number of quaternary nitrogens is 1. The quantitative estimate of drug-likeness (QED) is 0.676. The predicted molar refractivity (Wildman–Crippen MR) is 112 cm³/mol. The first-order valence-electron chi connectivity index (χ1n) is 10.1. The standard InChI is InChI=1S/C22H23N3O3S/c26-21(23-12-15-5-6-18-19(11-15)28-14-27-18)13-25-9-7-16(8-10-25)22-24-17-3-1-2-4-20(17)29-22/h1-6,11,16H,7-10,12-14H2,(H,23,26)/p+1. The van der Waals surface area contributed by atoms with E-state index >= 15 is 0 Å². The molecule has 0 unspecified atom stereocenters. The molecule has 2 aliphatic heterocycles. The van der Waals surface area contributed by atoms with Crippen LogP contribution in [0.1, 0.15) is 29.3 Å². The minimum Gasteiger partial charge on any atom is -0.454 e. The minimum absolute atomic E-state index is 0.0936. The number of carbonyl (C=O) groups is 1. The van der Waals surface area contributed by atoms with Crippen LogP contribution in [0.4, 0.5) is 0 Å². The molecule has 0 spiro atoms. The summed E-state index contributed by atoms with van der Waals surface area (Å²) in [5.74, 6) is 2.13. The van der Waals surface area contributed by atoms with Crippen molar-refractivity contribution in [3.63, 3.8) is 0 Å². The van der Waals surface area contributed by atoms with Crippen molar-refractivity contribution in [1.82, 2.24) is 10.3 Å². The summed E-state index contributed by atoms with van der Waals surface area (Å²) in [6, 6.07) is 14.1. The number of fused-ring (bicyclic) bond motifs is 2. The maximum atomic E-state index is 12.4. The molecule has 6 nitrogen and oxygen atoms in total. The Labute approximate surface area is 173 Å². The highest BCUT2D eigenvalue weighted by molar-refractivity contribution is 7.18. The molecule has 2 aliphatic rings. The van der Waals surface area contributed by atoms with Gasteiger partial charge >= 0.3 is 0 Å². The second kappa shape index (κ2) is 8.00. The van der Waals surface area contributed by atoms with Gasteiger partial charge in [-0.3, -0.25) is 4.79 Å². The number of rotatable bonds is 5. The van der Waals surface area contributed by atoms with Gasteiger partial charge < -0.3 is 19.7 Å². The molecule has 0 bridgehead atoms. The summed E-state index contributed by atoms with van der Waals surface area (Å²) in [6.45, 7) is 3.33. The Bertz CT molecular complexity index is 994. The van der Waals surface area contributed by atoms with E-state index in [0.717, 1.165) is 48.5 Å². The van der Waals surface area contributed by atoms with Crippen LogP contribution in [0.5, 0.6) is 11.5 Å². The molecule has 3 aromatic rings. The average Bonchev–Trinajstić information content (AvgIpc) is 3.39. The molecule has 7 heteroatoms. The molecule has 150 valence electrons. The number of hydrogen-bond acceptors (Lipinski definition) is 5. The largest absolute Gasteiger partial charge is 0.454 e. The molecular weight excluding hydrogens is 386 g/mol. The number of piperidine rings is 1. The summed E-state index contributed by atoms with van der Waals surface area (Å²) in [5.41, 5.74) is 2.12. The van der Waals surface area contributed by atoms with Gasteiger partial charge in [-0.1, -0.05) is 18.2 Å². The molecule has 1 amide bonds. The lowest BCUT2D eigenvalue weighted by molar-refractivity contribution is -0.897. The molecule has 29 heavy (non-hydrogen) atoms. The second-order valence-electron chi connectivity index (χ2n) is 7.69. The molecule has 2 aromatic carbocycles. The van der Waals surface area contributed by atoms with E-state index in [2.05, 4.69) is 23.5 Å². The number of benzene rings is 2. The Morgan fingerprint density at radius 1 is 1.14 bits per heavy atom. The van der Waals surface area contributed by atoms with Crippen molar-refractivity contribution in [3.05, 3.63) is 53.0 Å². The van der Waals surface area contributed by atoms with E-state index in [9.17, 15) is 4.79 Å². The maximum absolute atomic E-state index is 12.4. The molecular formula is C22H24N3O3S+. The highest BCUT2D eigenvalue weighted by Gasteiger charge is 2.27. The summed E-state index contributed by atoms with van der Waals surface area (Å²) in [7, 11) is 0. The van der Waals surface area contributed by atoms with Crippen LogP contribution in [0.15, 0.2) is 42.5 Å². The Kier molecular flexibility index (Phi) is 5.08. The zero-order chi connectivity index (χ0) is 19.6. The van der Waals surface area contributed by atoms with Gasteiger partial charge in [0.2, 0.25) is 6.79 Å². The van der Waals surface area contributed by atoms with E-state index in [-0.39, 0.29) is 12.7 Å². The third-order valence-corrected chi connectivity index (χ3v) is 6.89. The van der Waals surface area contributed by atoms with Gasteiger partial charge in [0.05, 0.1) is 28.3 Å². The van der Waals surface area contributed by atoms with Gasteiger partial charge in [-0.25, -0.2) is 4.98 Å². The van der Waals surface area contributed by atoms with E-state index in [1.807, 2.05) is 35.6 Å². The lowest BCUT2D eigenvalue weighted by atomic mass is 9.97. The number of amides is 1. The van der Waals surface area contributed by atoms with Gasteiger partial charge in [0.25, 0.3) is 5.91 Å². The van der Waals surface area contributed by atoms with Crippen molar-refractivity contribution < 1.29 is 19.2 Å². The number of hydrogen-bond donors (Lipinski definition) is 2. The Hall–Kier alpha value is -2.64. The molecule has 0 atom stereocenters. The van der Waals surface area contributed by atoms with Crippen LogP contribution in [0.25, 0.3) is 10.2 Å². The summed E-state index contributed by atoms with van der Waals surface area (Å²) >= 11 is 1.81. The highest BCUT2D eigenvalue weighted by Crippen LogP contribution is 2.33. The third kappa shape index (κ3) is 4.06. The van der Waals surface area contributed by atoms with Gasteiger partial charge in [0.1, 0.15) is 0 Å². The number of likely N-dealkylation sites (tertiary alicyclic amines) is 1. The Morgan fingerprint density at radius 2 is 1.97 bits per heavy atom. The van der Waals surface area contributed by atoms with Crippen LogP contribution in [0, 0.1) is 0 Å². The Balaban J connectivity index is 1.10. The smallest absolute Gasteiger partial charge is 0.275 e. The van der Waals surface area contributed by atoms with Gasteiger partial charge in [-0.2, -0.15) is 0 Å². The summed E-state index contributed by atoms with van der Waals surface area (Å²) < 4.78 is 12.0. The number of para-hydroxylation sites is 1. The number of thiazole rings is 1. The monoisotopic (exact) mass is 410 g/mol. The molecule has 2 N–H and O–H groups in total. The number of aromatic nitrogens is 1. The zero-order valence-electron chi connectivity index (χ0n) is 16.1. The maximum Gasteiger partial charge on any atom is 0.275 e. The van der Waals surface area contributed by atoms with Gasteiger partial charge in [0.15, 0.2) is 18.0 Å². The molecule has 1 aromatic heterocycles. The SMILES string of the molecule is O=C(C[NH+]1CCC(c2nc3ccccc3s2)CC1)NCc1ccc2c(c1)OCO2. The molecule has 1 saturated heterocycles. The van der Waals surface area contributed by atoms with Crippen molar-refractivity contribution in [2.75, 3.05) is 26.4 Å². The van der Waals surface area contributed by atoms with Crippen LogP contribution >= 0.6 is 11.3 Å². The fourth-order valence-corrected chi connectivity index (χ4v) is 5.19. The van der Waals surface area contributed by atoms with Crippen LogP contribution in [-0.4, -0.2) is 37.3 Å². The topological polar surface area (TPSA) is 64.9 Å². The van der Waals surface area contributed by atoms with E-state index in [1.54, 1.807) is 0 Å². The van der Waals surface area contributed by atoms with Crippen LogP contribution in [0.2, 0.25) is 0 Å². The molecule has 0 saturated carbocycles. The number of ether oxygens (including phenoxy) is 2. The molecule has 0 aliphatic carbocycles. The van der Waals surface area contributed by atoms with Gasteiger partial charge in [0, 0.05) is 25.3 Å². The van der Waals surface area contributed by atoms with E-state index in [4.69, 9.17) is 14.5 Å². The number of nitrogens with zero attached hydrogens (tertiary/aromatic N) is 1. The van der Waals surface area contributed by atoms with Crippen molar-refractivity contribution in [2.24, 2.45) is 0 Å². The van der Waals surface area contributed by atoms with Crippen molar-refractivity contribution in [1.29, 1.82) is 0 Å². The third-order valence-electron chi connectivity index (χ3n) is 5.69. The summed E-state index contributed by atoms with van der Waals surface area (Å²) in [4.78, 5) is 18.6. The van der Waals surface area contributed by atoms with E-state index < -0.39 is 0 Å². The molecule has 3 heterocycles. The van der Waals surface area contributed by atoms with Gasteiger partial charge in [-0.05, 0) is 29.8 Å². The Morgan fingerprint density at radius 3 is 2.83 bits per heavy atom. The van der Waals surface area contributed by atoms with Crippen LogP contribution in [0.3, 0.4) is 0 Å². The molecule has 0 radical (unpaired) electrons. The first-order valence-corrected chi connectivity index (χ1v) is 10.9. The highest BCUT2D eigenvalue weighted by atomic mass is 32.1. The fraction of sp³-hybridized carbons (Fsp3) is 0.364. The first kappa shape index (κ1) is 18.4. The average molecular weight is 411 g/mol. The normalized spacial score (nSPS) is 20.7. The summed E-state index contributed by atoms with van der Waals surface area (Å²) in [5, 5.41) is 4.28. The predicted octanol–water partition coefficient (Wildman–Crippen LogP) is 2.10. The van der Waals surface area contributed by atoms with Crippen molar-refractivity contribution in [3.8, 4) is 11.5 Å². The number of carbonyl (C=O) groups excluding carboxylic acids is 1. The van der Waals surface area contributed by atoms with Crippen LogP contribution in [-0.2, 0) is 11.3 Å². The van der Waals surface area contributed by atoms with Crippen molar-refractivity contribution >= 4 is 27.5 Å². The van der Waals surface area contributed by atoms with Crippen molar-refractivity contribution in [2.45, 2.75) is 25.3 Å².